The van der Waals surface area contributed by atoms with E-state index >= 15 is 0 Å². The third-order valence-electron chi connectivity index (χ3n) is 1.95. The van der Waals surface area contributed by atoms with Gasteiger partial charge in [-0.05, 0) is 17.5 Å². The van der Waals surface area contributed by atoms with Crippen LogP contribution in [0, 0.1) is 0 Å². The summed E-state index contributed by atoms with van der Waals surface area (Å²) in [6.07, 6.45) is -8.22. The summed E-state index contributed by atoms with van der Waals surface area (Å²) in [6, 6.07) is 10.3. The first kappa shape index (κ1) is 20.3. The van der Waals surface area contributed by atoms with Gasteiger partial charge in [-0.15, -0.1) is 0 Å². The van der Waals surface area contributed by atoms with E-state index in [0.29, 0.717) is 0 Å². The van der Waals surface area contributed by atoms with Crippen LogP contribution in [0.2, 0.25) is 0 Å². The number of carbonyl (C=O) groups is 2. The first-order valence-electron chi connectivity index (χ1n) is 5.48. The number of fused-ring (bicyclic) bond motifs is 1. The molecule has 2 aromatic rings. The summed E-state index contributed by atoms with van der Waals surface area (Å²) < 4.78 is 63.5. The number of nitrogens with one attached hydrogen (secondary N) is 1. The molecule has 23 heavy (non-hydrogen) atoms. The number of aromatic amines is 1. The minimum atomic E-state index is -5.08. The van der Waals surface area contributed by atoms with Crippen molar-refractivity contribution < 1.29 is 46.1 Å². The van der Waals surface area contributed by atoms with Gasteiger partial charge in [0, 0.05) is 11.7 Å². The summed E-state index contributed by atoms with van der Waals surface area (Å²) in [5.74, 6) is -5.51. The quantitative estimate of drug-likeness (QED) is 0.638. The van der Waals surface area contributed by atoms with Crippen LogP contribution < -0.4 is 0 Å². The first-order chi connectivity index (χ1) is 10.4. The summed E-state index contributed by atoms with van der Waals surface area (Å²) >= 11 is 0. The second-order valence-electron chi connectivity index (χ2n) is 3.67. The molecule has 2 rings (SSSR count). The van der Waals surface area contributed by atoms with Crippen molar-refractivity contribution in [2.45, 2.75) is 12.4 Å². The Morgan fingerprint density at radius 2 is 1.22 bits per heavy atom. The molecule has 1 aromatic heterocycles. The van der Waals surface area contributed by atoms with Gasteiger partial charge in [0.1, 0.15) is 0 Å². The Morgan fingerprint density at radius 3 is 1.57 bits per heavy atom. The first-order valence-corrected chi connectivity index (χ1v) is 5.48. The second-order valence-corrected chi connectivity index (χ2v) is 3.67. The van der Waals surface area contributed by atoms with E-state index in [1.54, 1.807) is 0 Å². The van der Waals surface area contributed by atoms with Crippen molar-refractivity contribution in [2.24, 2.45) is 0 Å². The van der Waals surface area contributed by atoms with Gasteiger partial charge < -0.3 is 15.2 Å². The lowest BCUT2D eigenvalue weighted by Crippen LogP contribution is -2.21. The maximum Gasteiger partial charge on any atom is 0.490 e. The monoisotopic (exact) mass is 345 g/mol. The molecule has 1 aromatic carbocycles. The van der Waals surface area contributed by atoms with Gasteiger partial charge in [0.25, 0.3) is 0 Å². The molecule has 0 atom stereocenters. The average molecular weight is 345 g/mol. The number of para-hydroxylation sites is 1. The summed E-state index contributed by atoms with van der Waals surface area (Å²) in [6.45, 7) is 0. The molecule has 0 aliphatic rings. The van der Waals surface area contributed by atoms with E-state index in [4.69, 9.17) is 19.8 Å². The SMILES string of the molecule is O=C(O)C(F)(F)F.O=C(O)C(F)(F)F.c1ccc2[nH]ccc2c1. The highest BCUT2D eigenvalue weighted by molar-refractivity contribution is 5.78. The Morgan fingerprint density at radius 1 is 0.826 bits per heavy atom. The highest BCUT2D eigenvalue weighted by Crippen LogP contribution is 2.13. The van der Waals surface area contributed by atoms with Crippen LogP contribution in [0.3, 0.4) is 0 Å². The Bertz CT molecular complexity index is 593. The van der Waals surface area contributed by atoms with Crippen LogP contribution in [0.4, 0.5) is 26.3 Å². The van der Waals surface area contributed by atoms with Crippen molar-refractivity contribution in [3.8, 4) is 0 Å². The van der Waals surface area contributed by atoms with Crippen molar-refractivity contribution in [2.75, 3.05) is 0 Å². The molecule has 0 saturated heterocycles. The van der Waals surface area contributed by atoms with Crippen LogP contribution >= 0.6 is 0 Å². The Kier molecular flexibility index (Phi) is 7.10. The highest BCUT2D eigenvalue weighted by Gasteiger charge is 2.38. The molecular weight excluding hydrogens is 336 g/mol. The van der Waals surface area contributed by atoms with E-state index in [2.05, 4.69) is 23.2 Å². The molecule has 0 amide bonds. The van der Waals surface area contributed by atoms with Crippen molar-refractivity contribution in [3.63, 3.8) is 0 Å². The third-order valence-corrected chi connectivity index (χ3v) is 1.95. The summed E-state index contributed by atoms with van der Waals surface area (Å²) in [7, 11) is 0. The second kappa shape index (κ2) is 8.06. The number of hydrogen-bond acceptors (Lipinski definition) is 2. The number of benzene rings is 1. The number of aliphatic carboxylic acids is 2. The number of carboxylic acids is 2. The predicted molar refractivity (Wildman–Crippen MR) is 65.7 cm³/mol. The number of aromatic nitrogens is 1. The van der Waals surface area contributed by atoms with Crippen molar-refractivity contribution >= 4 is 22.8 Å². The number of halogens is 6. The van der Waals surface area contributed by atoms with Gasteiger partial charge >= 0.3 is 24.3 Å². The Balaban J connectivity index is 0.000000322. The van der Waals surface area contributed by atoms with Gasteiger partial charge in [0.15, 0.2) is 0 Å². The molecule has 0 saturated carbocycles. The molecule has 1 heterocycles. The lowest BCUT2D eigenvalue weighted by Gasteiger charge is -1.93. The summed E-state index contributed by atoms with van der Waals surface area (Å²) in [5, 5.41) is 15.5. The van der Waals surface area contributed by atoms with Crippen molar-refractivity contribution in [3.05, 3.63) is 36.5 Å². The lowest BCUT2D eigenvalue weighted by atomic mass is 10.3. The fraction of sp³-hybridized carbons (Fsp3) is 0.167. The van der Waals surface area contributed by atoms with Crippen molar-refractivity contribution in [1.82, 2.24) is 4.98 Å². The average Bonchev–Trinajstić information content (AvgIpc) is 2.86. The van der Waals surface area contributed by atoms with E-state index in [0.717, 1.165) is 0 Å². The van der Waals surface area contributed by atoms with Crippen LogP contribution in [-0.4, -0.2) is 39.5 Å². The van der Waals surface area contributed by atoms with Crippen LogP contribution in [-0.2, 0) is 9.59 Å². The number of rotatable bonds is 0. The standard InChI is InChI=1S/C8H7N.2C2HF3O2/c1-2-4-8-7(3-1)5-6-9-8;2*3-2(4,5)1(6)7/h1-6,9H;2*(H,6,7). The minimum absolute atomic E-state index is 1.21. The minimum Gasteiger partial charge on any atom is -0.475 e. The number of hydrogen-bond donors (Lipinski definition) is 3. The molecule has 0 bridgehead atoms. The fourth-order valence-electron chi connectivity index (χ4n) is 0.995. The van der Waals surface area contributed by atoms with Gasteiger partial charge in [-0.2, -0.15) is 26.3 Å². The van der Waals surface area contributed by atoms with E-state index in [1.165, 1.54) is 10.9 Å². The highest BCUT2D eigenvalue weighted by atomic mass is 19.4. The zero-order valence-electron chi connectivity index (χ0n) is 10.9. The Hall–Kier alpha value is -2.72. The maximum absolute atomic E-state index is 10.6. The van der Waals surface area contributed by atoms with Crippen molar-refractivity contribution in [1.29, 1.82) is 0 Å². The van der Waals surface area contributed by atoms with Crippen LogP contribution in [0.1, 0.15) is 0 Å². The molecule has 0 fully saturated rings. The maximum atomic E-state index is 10.6. The molecule has 11 heteroatoms. The number of carboxylic acid groups (broad SMARTS) is 2. The summed E-state index contributed by atoms with van der Waals surface area (Å²) in [4.78, 5) is 20.9. The zero-order valence-corrected chi connectivity index (χ0v) is 10.9. The smallest absolute Gasteiger partial charge is 0.475 e. The molecule has 0 aliphatic heterocycles. The number of alkyl halides is 6. The lowest BCUT2D eigenvalue weighted by molar-refractivity contribution is -0.193. The molecule has 0 radical (unpaired) electrons. The molecule has 0 aliphatic carbocycles. The van der Waals surface area contributed by atoms with E-state index in [1.807, 2.05) is 18.3 Å². The summed E-state index contributed by atoms with van der Waals surface area (Å²) in [5.41, 5.74) is 1.21. The van der Waals surface area contributed by atoms with E-state index in [-0.39, 0.29) is 0 Å². The zero-order chi connectivity index (χ0) is 18.3. The molecule has 0 spiro atoms. The van der Waals surface area contributed by atoms with E-state index < -0.39 is 24.3 Å². The fourth-order valence-corrected chi connectivity index (χ4v) is 0.995. The Labute approximate surface area is 124 Å². The van der Waals surface area contributed by atoms with Gasteiger partial charge in [0.05, 0.1) is 0 Å². The number of H-pyrrole nitrogens is 1. The largest absolute Gasteiger partial charge is 0.490 e. The van der Waals surface area contributed by atoms with Gasteiger partial charge in [0.2, 0.25) is 0 Å². The normalized spacial score (nSPS) is 10.9. The topological polar surface area (TPSA) is 90.4 Å². The molecule has 128 valence electrons. The van der Waals surface area contributed by atoms with Crippen LogP contribution in [0.5, 0.6) is 0 Å². The van der Waals surface area contributed by atoms with Gasteiger partial charge in [-0.3, -0.25) is 0 Å². The third kappa shape index (κ3) is 8.34. The van der Waals surface area contributed by atoms with Crippen LogP contribution in [0.15, 0.2) is 36.5 Å². The van der Waals surface area contributed by atoms with E-state index in [9.17, 15) is 26.3 Å². The van der Waals surface area contributed by atoms with Gasteiger partial charge in [-0.25, -0.2) is 9.59 Å². The molecule has 0 unspecified atom stereocenters. The predicted octanol–water partition coefficient (Wildman–Crippen LogP) is 3.43. The molecular formula is C12H9F6NO4. The van der Waals surface area contributed by atoms with Gasteiger partial charge in [-0.1, -0.05) is 18.2 Å². The molecule has 5 nitrogen and oxygen atoms in total. The van der Waals surface area contributed by atoms with Crippen LogP contribution in [0.25, 0.3) is 10.9 Å². The molecule has 3 N–H and O–H groups in total.